The van der Waals surface area contributed by atoms with E-state index in [1.54, 1.807) is 24.3 Å². The van der Waals surface area contributed by atoms with Crippen molar-refractivity contribution >= 4 is 34.8 Å². The van der Waals surface area contributed by atoms with Crippen LogP contribution in [-0.4, -0.2) is 33.1 Å². The number of alkyl halides is 1. The number of rotatable bonds is 7. The number of carbonyl (C=O) groups is 1. The number of aromatic nitrogens is 3. The summed E-state index contributed by atoms with van der Waals surface area (Å²) in [6.45, 7) is 7.39. The van der Waals surface area contributed by atoms with Gasteiger partial charge in [-0.2, -0.15) is 0 Å². The lowest BCUT2D eigenvalue weighted by atomic mass is 10.0. The van der Waals surface area contributed by atoms with E-state index in [2.05, 4.69) is 20.7 Å². The molecule has 2 aromatic heterocycles. The number of ether oxygens (including phenoxy) is 1. The normalized spacial score (nSPS) is 11.5. The molecule has 2 heterocycles. The summed E-state index contributed by atoms with van der Waals surface area (Å²) in [7, 11) is 0. The maximum atomic E-state index is 13.3. The summed E-state index contributed by atoms with van der Waals surface area (Å²) in [5, 5.41) is 11.3. The number of hydrogen-bond donors (Lipinski definition) is 2. The zero-order chi connectivity index (χ0) is 23.5. The summed E-state index contributed by atoms with van der Waals surface area (Å²) in [6.07, 6.45) is 1.51. The minimum Gasteiger partial charge on any atom is -0.445 e. The molecule has 170 valence electrons. The zero-order valence-corrected chi connectivity index (χ0v) is 19.7. The summed E-state index contributed by atoms with van der Waals surface area (Å²) in [4.78, 5) is 17.5. The number of hydrogen-bond acceptors (Lipinski definition) is 5. The van der Waals surface area contributed by atoms with Gasteiger partial charge in [-0.3, -0.25) is 4.79 Å². The van der Waals surface area contributed by atoms with Crippen LogP contribution in [0.2, 0.25) is 10.0 Å². The first-order valence-electron chi connectivity index (χ1n) is 9.84. The summed E-state index contributed by atoms with van der Waals surface area (Å²) < 4.78 is 18.8. The molecule has 1 amide bonds. The second-order valence-corrected chi connectivity index (χ2v) is 9.00. The second-order valence-electron chi connectivity index (χ2n) is 8.16. The Bertz CT molecular complexity index is 1130. The molecule has 0 radical (unpaired) electrons. The van der Waals surface area contributed by atoms with Crippen LogP contribution in [0.5, 0.6) is 5.88 Å². The van der Waals surface area contributed by atoms with E-state index in [0.29, 0.717) is 17.3 Å². The number of benzene rings is 1. The van der Waals surface area contributed by atoms with Gasteiger partial charge in [0.1, 0.15) is 5.69 Å². The Morgan fingerprint density at radius 3 is 2.66 bits per heavy atom. The average Bonchev–Trinajstić information content (AvgIpc) is 3.12. The van der Waals surface area contributed by atoms with Gasteiger partial charge in [0.05, 0.1) is 5.02 Å². The third-order valence-electron chi connectivity index (χ3n) is 4.49. The Hall–Kier alpha value is -2.68. The fourth-order valence-electron chi connectivity index (χ4n) is 3.01. The highest BCUT2D eigenvalue weighted by Crippen LogP contribution is 2.28. The molecular weight excluding hydrogens is 456 g/mol. The fourth-order valence-corrected chi connectivity index (χ4v) is 3.51. The molecule has 0 fully saturated rings. The molecule has 10 heteroatoms. The minimum atomic E-state index is -1.09. The summed E-state index contributed by atoms with van der Waals surface area (Å²) in [6, 6.07) is 8.16. The Balaban J connectivity index is 2.00. The van der Waals surface area contributed by atoms with Crippen LogP contribution >= 0.6 is 23.2 Å². The number of nitrogens with one attached hydrogen (secondary N) is 2. The Kier molecular flexibility index (Phi) is 7.38. The van der Waals surface area contributed by atoms with Gasteiger partial charge in [0, 0.05) is 35.1 Å². The Morgan fingerprint density at radius 2 is 2.00 bits per heavy atom. The van der Waals surface area contributed by atoms with Crippen molar-refractivity contribution in [1.82, 2.24) is 20.1 Å². The van der Waals surface area contributed by atoms with Gasteiger partial charge in [-0.1, -0.05) is 23.2 Å². The number of halogens is 3. The van der Waals surface area contributed by atoms with E-state index < -0.39 is 12.8 Å². The molecule has 0 atom stereocenters. The van der Waals surface area contributed by atoms with Crippen molar-refractivity contribution in [2.75, 3.05) is 12.2 Å². The van der Waals surface area contributed by atoms with Crippen LogP contribution in [-0.2, 0) is 6.54 Å². The van der Waals surface area contributed by atoms with Gasteiger partial charge in [-0.25, -0.2) is 14.1 Å². The molecule has 3 aromatic rings. The molecule has 0 aliphatic carbocycles. The lowest BCUT2D eigenvalue weighted by Crippen LogP contribution is -2.35. The first kappa shape index (κ1) is 24.0. The second kappa shape index (κ2) is 9.85. The van der Waals surface area contributed by atoms with Gasteiger partial charge in [0.2, 0.25) is 12.7 Å². The topological polar surface area (TPSA) is 81.1 Å². The maximum absolute atomic E-state index is 13.3. The molecule has 0 unspecified atom stereocenters. The van der Waals surface area contributed by atoms with Crippen LogP contribution in [0, 0.1) is 6.92 Å². The molecule has 7 nitrogen and oxygen atoms in total. The van der Waals surface area contributed by atoms with Gasteiger partial charge in [0.15, 0.2) is 5.82 Å². The van der Waals surface area contributed by atoms with Crippen molar-refractivity contribution in [3.8, 4) is 11.7 Å². The van der Waals surface area contributed by atoms with Crippen LogP contribution in [0.25, 0.3) is 5.82 Å². The van der Waals surface area contributed by atoms with E-state index >= 15 is 0 Å². The van der Waals surface area contributed by atoms with Gasteiger partial charge in [-0.15, -0.1) is 5.10 Å². The van der Waals surface area contributed by atoms with E-state index in [9.17, 15) is 9.18 Å². The molecule has 32 heavy (non-hydrogen) atoms. The minimum absolute atomic E-state index is 0.0678. The largest absolute Gasteiger partial charge is 0.445 e. The standard InChI is InChI=1S/C22H24Cl2FN5O2/c1-13-8-15(23)9-14(11-27-22(2,3)4)19(13)28-21(31)17-10-18(32-12-25)29-30(17)20-16(24)6-5-7-26-20/h5-10,27H,11-12H2,1-4H3,(H,28,31). The molecular formula is C22H24Cl2FN5O2. The smallest absolute Gasteiger partial charge is 0.274 e. The third kappa shape index (κ3) is 5.76. The Labute approximate surface area is 195 Å². The van der Waals surface area contributed by atoms with Crippen LogP contribution in [0.15, 0.2) is 36.5 Å². The van der Waals surface area contributed by atoms with Crippen molar-refractivity contribution in [3.63, 3.8) is 0 Å². The lowest BCUT2D eigenvalue weighted by Gasteiger charge is -2.23. The van der Waals surface area contributed by atoms with Gasteiger partial charge < -0.3 is 15.4 Å². The number of pyridine rings is 1. The number of amides is 1. The highest BCUT2D eigenvalue weighted by molar-refractivity contribution is 6.32. The molecule has 0 spiro atoms. The van der Waals surface area contributed by atoms with Crippen molar-refractivity contribution in [2.24, 2.45) is 0 Å². The summed E-state index contributed by atoms with van der Waals surface area (Å²) in [5.74, 6) is -0.340. The van der Waals surface area contributed by atoms with Crippen LogP contribution in [0.1, 0.15) is 42.4 Å². The van der Waals surface area contributed by atoms with Crippen LogP contribution in [0.3, 0.4) is 0 Å². The van der Waals surface area contributed by atoms with Crippen molar-refractivity contribution in [3.05, 3.63) is 63.4 Å². The molecule has 1 aromatic carbocycles. The third-order valence-corrected chi connectivity index (χ3v) is 5.00. The van der Waals surface area contributed by atoms with Crippen LogP contribution in [0.4, 0.5) is 10.1 Å². The number of carbonyl (C=O) groups excluding carboxylic acids is 1. The predicted octanol–water partition coefficient (Wildman–Crippen LogP) is 5.33. The molecule has 0 saturated heterocycles. The van der Waals surface area contributed by atoms with Gasteiger partial charge in [0.25, 0.3) is 5.91 Å². The van der Waals surface area contributed by atoms with Crippen molar-refractivity contribution < 1.29 is 13.9 Å². The molecule has 0 aliphatic heterocycles. The average molecular weight is 480 g/mol. The number of anilines is 1. The predicted molar refractivity (Wildman–Crippen MR) is 124 cm³/mol. The highest BCUT2D eigenvalue weighted by atomic mass is 35.5. The van der Waals surface area contributed by atoms with Crippen molar-refractivity contribution in [1.29, 1.82) is 0 Å². The SMILES string of the molecule is Cc1cc(Cl)cc(CNC(C)(C)C)c1NC(=O)c1cc(OCF)nn1-c1ncccc1Cl. The van der Waals surface area contributed by atoms with E-state index in [1.807, 2.05) is 27.7 Å². The maximum Gasteiger partial charge on any atom is 0.274 e. The molecule has 0 saturated carbocycles. The first-order chi connectivity index (χ1) is 15.1. The van der Waals surface area contributed by atoms with Gasteiger partial charge in [-0.05, 0) is 63.1 Å². The van der Waals surface area contributed by atoms with E-state index in [-0.39, 0.29) is 28.0 Å². The lowest BCUT2D eigenvalue weighted by molar-refractivity contribution is 0.101. The first-order valence-corrected chi connectivity index (χ1v) is 10.6. The molecule has 0 aliphatic rings. The monoisotopic (exact) mass is 479 g/mol. The van der Waals surface area contributed by atoms with E-state index in [0.717, 1.165) is 11.1 Å². The molecule has 2 N–H and O–H groups in total. The fraction of sp³-hybridized carbons (Fsp3) is 0.318. The van der Waals surface area contributed by atoms with Crippen molar-refractivity contribution in [2.45, 2.75) is 39.8 Å². The van der Waals surface area contributed by atoms with E-state index in [1.165, 1.54) is 16.9 Å². The van der Waals surface area contributed by atoms with Gasteiger partial charge >= 0.3 is 0 Å². The highest BCUT2D eigenvalue weighted by Gasteiger charge is 2.22. The Morgan fingerprint density at radius 1 is 1.25 bits per heavy atom. The number of aryl methyl sites for hydroxylation is 1. The quantitative estimate of drug-likeness (QED) is 0.478. The molecule has 3 rings (SSSR count). The summed E-state index contributed by atoms with van der Waals surface area (Å²) >= 11 is 12.5. The molecule has 0 bridgehead atoms. The zero-order valence-electron chi connectivity index (χ0n) is 18.2. The van der Waals surface area contributed by atoms with Crippen LogP contribution < -0.4 is 15.4 Å². The number of nitrogens with zero attached hydrogens (tertiary/aromatic N) is 3. The summed E-state index contributed by atoms with van der Waals surface area (Å²) in [5.41, 5.74) is 2.17. The van der Waals surface area contributed by atoms with E-state index in [4.69, 9.17) is 27.9 Å².